The molecule has 0 saturated carbocycles. The van der Waals surface area contributed by atoms with Gasteiger partial charge in [0.25, 0.3) is 5.91 Å². The summed E-state index contributed by atoms with van der Waals surface area (Å²) in [6.45, 7) is 2.64. The van der Waals surface area contributed by atoms with Gasteiger partial charge in [-0.15, -0.1) is 0 Å². The summed E-state index contributed by atoms with van der Waals surface area (Å²) in [5.74, 6) is -0.695. The van der Waals surface area contributed by atoms with Crippen molar-refractivity contribution in [1.29, 1.82) is 0 Å². The molecule has 0 radical (unpaired) electrons. The summed E-state index contributed by atoms with van der Waals surface area (Å²) in [4.78, 5) is 11.2. The van der Waals surface area contributed by atoms with E-state index in [9.17, 15) is 9.18 Å². The Kier molecular flexibility index (Phi) is 5.42. The summed E-state index contributed by atoms with van der Waals surface area (Å²) in [5.41, 5.74) is 6.06. The molecule has 0 aliphatic carbocycles. The number of amides is 1. The van der Waals surface area contributed by atoms with Gasteiger partial charge in [0.15, 0.2) is 18.2 Å². The summed E-state index contributed by atoms with van der Waals surface area (Å²) in [7, 11) is 0. The molecule has 0 atom stereocenters. The molecule has 4 nitrogen and oxygen atoms in total. The molecule has 1 aromatic rings. The molecule has 5 heteroatoms. The Morgan fingerprint density at radius 3 is 2.88 bits per heavy atom. The minimum Gasteiger partial charge on any atom is -0.481 e. The number of halogens is 1. The molecule has 0 unspecified atom stereocenters. The molecule has 0 aliphatic heterocycles. The molecule has 94 valence electrons. The number of nitrogens with one attached hydrogen (secondary N) is 1. The predicted molar refractivity (Wildman–Crippen MR) is 63.1 cm³/mol. The van der Waals surface area contributed by atoms with Crippen LogP contribution in [-0.4, -0.2) is 19.1 Å². The zero-order chi connectivity index (χ0) is 12.7. The Balaban J connectivity index is 2.49. The van der Waals surface area contributed by atoms with Crippen molar-refractivity contribution in [3.05, 3.63) is 29.6 Å². The van der Waals surface area contributed by atoms with Crippen LogP contribution in [0.2, 0.25) is 0 Å². The highest BCUT2D eigenvalue weighted by atomic mass is 19.1. The van der Waals surface area contributed by atoms with Crippen molar-refractivity contribution >= 4 is 5.91 Å². The number of carbonyl (C=O) groups is 1. The van der Waals surface area contributed by atoms with E-state index in [4.69, 9.17) is 10.5 Å². The van der Waals surface area contributed by atoms with Crippen LogP contribution in [0.1, 0.15) is 18.9 Å². The molecule has 0 fully saturated rings. The molecule has 1 aromatic carbocycles. The Morgan fingerprint density at radius 1 is 1.53 bits per heavy atom. The molecular weight excluding hydrogens is 223 g/mol. The number of hydrogen-bond acceptors (Lipinski definition) is 3. The number of rotatable bonds is 6. The first kappa shape index (κ1) is 13.4. The molecule has 0 heterocycles. The van der Waals surface area contributed by atoms with E-state index >= 15 is 0 Å². The molecule has 0 spiro atoms. The summed E-state index contributed by atoms with van der Waals surface area (Å²) in [6.07, 6.45) is 0.852. The molecule has 0 aliphatic rings. The highest BCUT2D eigenvalue weighted by Crippen LogP contribution is 2.17. The van der Waals surface area contributed by atoms with Crippen molar-refractivity contribution in [3.63, 3.8) is 0 Å². The molecule has 0 aromatic heterocycles. The summed E-state index contributed by atoms with van der Waals surface area (Å²) in [6, 6.07) is 4.45. The maximum absolute atomic E-state index is 13.4. The van der Waals surface area contributed by atoms with Crippen LogP contribution in [0.3, 0.4) is 0 Å². The lowest BCUT2D eigenvalue weighted by molar-refractivity contribution is -0.123. The first-order chi connectivity index (χ1) is 8.17. The average molecular weight is 240 g/mol. The average Bonchev–Trinajstić information content (AvgIpc) is 2.34. The van der Waals surface area contributed by atoms with Gasteiger partial charge >= 0.3 is 0 Å². The standard InChI is InChI=1S/C12H17FN2O2/c1-2-5-15-12(16)8-17-11-4-3-9(7-14)6-10(11)13/h3-4,6H,2,5,7-8,14H2,1H3,(H,15,16). The second kappa shape index (κ2) is 6.85. The van der Waals surface area contributed by atoms with Crippen molar-refractivity contribution < 1.29 is 13.9 Å². The largest absolute Gasteiger partial charge is 0.481 e. The second-order valence-corrected chi connectivity index (χ2v) is 3.61. The minimum atomic E-state index is -0.503. The highest BCUT2D eigenvalue weighted by molar-refractivity contribution is 5.77. The molecule has 1 rings (SSSR count). The monoisotopic (exact) mass is 240 g/mol. The third-order valence-electron chi connectivity index (χ3n) is 2.16. The van der Waals surface area contributed by atoms with E-state index < -0.39 is 5.82 Å². The van der Waals surface area contributed by atoms with Crippen LogP contribution in [0.25, 0.3) is 0 Å². The van der Waals surface area contributed by atoms with Crippen LogP contribution in [-0.2, 0) is 11.3 Å². The lowest BCUT2D eigenvalue weighted by atomic mass is 10.2. The lowest BCUT2D eigenvalue weighted by Crippen LogP contribution is -2.29. The fourth-order valence-corrected chi connectivity index (χ4v) is 1.25. The first-order valence-electron chi connectivity index (χ1n) is 5.55. The van der Waals surface area contributed by atoms with E-state index in [0.717, 1.165) is 6.42 Å². The van der Waals surface area contributed by atoms with Gasteiger partial charge in [0.2, 0.25) is 0 Å². The Hall–Kier alpha value is -1.62. The third kappa shape index (κ3) is 4.40. The summed E-state index contributed by atoms with van der Waals surface area (Å²) < 4.78 is 18.5. The number of hydrogen-bond donors (Lipinski definition) is 2. The normalized spacial score (nSPS) is 10.1. The Morgan fingerprint density at radius 2 is 2.29 bits per heavy atom. The molecular formula is C12H17FN2O2. The number of benzene rings is 1. The fraction of sp³-hybridized carbons (Fsp3) is 0.417. The second-order valence-electron chi connectivity index (χ2n) is 3.61. The minimum absolute atomic E-state index is 0.0637. The maximum atomic E-state index is 13.4. The van der Waals surface area contributed by atoms with Crippen LogP contribution in [0.15, 0.2) is 18.2 Å². The van der Waals surface area contributed by atoms with Crippen molar-refractivity contribution in [3.8, 4) is 5.75 Å². The fourth-order valence-electron chi connectivity index (χ4n) is 1.25. The lowest BCUT2D eigenvalue weighted by Gasteiger charge is -2.08. The van der Waals surface area contributed by atoms with E-state index in [1.807, 2.05) is 6.92 Å². The first-order valence-corrected chi connectivity index (χ1v) is 5.55. The molecule has 17 heavy (non-hydrogen) atoms. The van der Waals surface area contributed by atoms with Crippen LogP contribution in [0.5, 0.6) is 5.75 Å². The van der Waals surface area contributed by atoms with E-state index in [-0.39, 0.29) is 24.8 Å². The molecule has 3 N–H and O–H groups in total. The van der Waals surface area contributed by atoms with Crippen LogP contribution in [0.4, 0.5) is 4.39 Å². The van der Waals surface area contributed by atoms with Gasteiger partial charge in [0.05, 0.1) is 0 Å². The van der Waals surface area contributed by atoms with E-state index in [0.29, 0.717) is 12.1 Å². The van der Waals surface area contributed by atoms with Crippen molar-refractivity contribution in [2.75, 3.05) is 13.2 Å². The maximum Gasteiger partial charge on any atom is 0.257 e. The Labute approximate surface area is 100.0 Å². The van der Waals surface area contributed by atoms with Gasteiger partial charge in [0, 0.05) is 13.1 Å². The quantitative estimate of drug-likeness (QED) is 0.785. The van der Waals surface area contributed by atoms with Gasteiger partial charge in [0.1, 0.15) is 0 Å². The zero-order valence-electron chi connectivity index (χ0n) is 9.83. The summed E-state index contributed by atoms with van der Waals surface area (Å²) >= 11 is 0. The van der Waals surface area contributed by atoms with Gasteiger partial charge in [-0.3, -0.25) is 4.79 Å². The highest BCUT2D eigenvalue weighted by Gasteiger charge is 2.06. The zero-order valence-corrected chi connectivity index (χ0v) is 9.83. The molecule has 0 saturated heterocycles. The van der Waals surface area contributed by atoms with Crippen LogP contribution < -0.4 is 15.8 Å². The van der Waals surface area contributed by atoms with Gasteiger partial charge in [-0.2, -0.15) is 0 Å². The van der Waals surface area contributed by atoms with Crippen LogP contribution >= 0.6 is 0 Å². The summed E-state index contributed by atoms with van der Waals surface area (Å²) in [5, 5.41) is 2.64. The third-order valence-corrected chi connectivity index (χ3v) is 2.16. The van der Waals surface area contributed by atoms with Gasteiger partial charge in [-0.1, -0.05) is 13.0 Å². The molecule has 0 bridgehead atoms. The van der Waals surface area contributed by atoms with Crippen molar-refractivity contribution in [2.45, 2.75) is 19.9 Å². The predicted octanol–water partition coefficient (Wildman–Crippen LogP) is 1.19. The van der Waals surface area contributed by atoms with Crippen LogP contribution in [0, 0.1) is 5.82 Å². The SMILES string of the molecule is CCCNC(=O)COc1ccc(CN)cc1F. The molecule has 1 amide bonds. The van der Waals surface area contributed by atoms with E-state index in [1.165, 1.54) is 12.1 Å². The van der Waals surface area contributed by atoms with Crippen molar-refractivity contribution in [2.24, 2.45) is 5.73 Å². The van der Waals surface area contributed by atoms with Gasteiger partial charge < -0.3 is 15.8 Å². The number of carbonyl (C=O) groups excluding carboxylic acids is 1. The Bertz CT molecular complexity index is 383. The smallest absolute Gasteiger partial charge is 0.257 e. The topological polar surface area (TPSA) is 64.3 Å². The number of nitrogens with two attached hydrogens (primary N) is 1. The van der Waals surface area contributed by atoms with E-state index in [2.05, 4.69) is 5.32 Å². The number of ether oxygens (including phenoxy) is 1. The van der Waals surface area contributed by atoms with Gasteiger partial charge in [-0.05, 0) is 24.1 Å². The van der Waals surface area contributed by atoms with E-state index in [1.54, 1.807) is 6.07 Å². The van der Waals surface area contributed by atoms with Gasteiger partial charge in [-0.25, -0.2) is 4.39 Å². The van der Waals surface area contributed by atoms with Crippen molar-refractivity contribution in [1.82, 2.24) is 5.32 Å².